The normalized spacial score (nSPS) is 19.2. The molecule has 0 bridgehead atoms. The molecule has 0 aliphatic carbocycles. The summed E-state index contributed by atoms with van der Waals surface area (Å²) in [5.41, 5.74) is 2.89. The Morgan fingerprint density at radius 1 is 1.15 bits per heavy atom. The average Bonchev–Trinajstić information content (AvgIpc) is 2.69. The van der Waals surface area contributed by atoms with Gasteiger partial charge in [0, 0.05) is 22.9 Å². The third-order valence-electron chi connectivity index (χ3n) is 4.44. The van der Waals surface area contributed by atoms with E-state index in [9.17, 15) is 10.1 Å². The predicted molar refractivity (Wildman–Crippen MR) is 112 cm³/mol. The van der Waals surface area contributed by atoms with Crippen LogP contribution in [0.5, 0.6) is 0 Å². The van der Waals surface area contributed by atoms with E-state index in [2.05, 4.69) is 16.4 Å². The molecule has 1 N–H and O–H groups in total. The van der Waals surface area contributed by atoms with Crippen LogP contribution in [0.4, 0.5) is 5.69 Å². The molecule has 0 radical (unpaired) electrons. The summed E-state index contributed by atoms with van der Waals surface area (Å²) >= 11 is 1.57. The van der Waals surface area contributed by atoms with E-state index >= 15 is 0 Å². The highest BCUT2D eigenvalue weighted by atomic mass is 32.2. The van der Waals surface area contributed by atoms with Crippen LogP contribution in [0, 0.1) is 17.2 Å². The van der Waals surface area contributed by atoms with Gasteiger partial charge in [-0.3, -0.25) is 4.79 Å². The zero-order valence-corrected chi connectivity index (χ0v) is 16.2. The van der Waals surface area contributed by atoms with Crippen molar-refractivity contribution in [2.75, 3.05) is 11.1 Å². The molecule has 2 aromatic rings. The lowest BCUT2D eigenvalue weighted by molar-refractivity contribution is -0.113. The van der Waals surface area contributed by atoms with Crippen LogP contribution in [0.15, 0.2) is 76.9 Å². The number of hydrogen-bond donors (Lipinski definition) is 1. The fourth-order valence-corrected chi connectivity index (χ4v) is 4.14. The second-order valence-electron chi connectivity index (χ2n) is 6.20. The second kappa shape index (κ2) is 8.70. The smallest absolute Gasteiger partial charge is 0.254 e. The van der Waals surface area contributed by atoms with Crippen molar-refractivity contribution in [3.8, 4) is 6.07 Å². The van der Waals surface area contributed by atoms with Crippen molar-refractivity contribution in [2.45, 2.75) is 19.8 Å². The molecule has 2 aromatic carbocycles. The third-order valence-corrected chi connectivity index (χ3v) is 5.37. The highest BCUT2D eigenvalue weighted by Crippen LogP contribution is 2.41. The van der Waals surface area contributed by atoms with E-state index in [1.54, 1.807) is 11.8 Å². The molecule has 0 fully saturated rings. The van der Waals surface area contributed by atoms with E-state index in [0.717, 1.165) is 22.0 Å². The van der Waals surface area contributed by atoms with Crippen molar-refractivity contribution < 1.29 is 4.79 Å². The van der Waals surface area contributed by atoms with Gasteiger partial charge in [0.25, 0.3) is 5.91 Å². The minimum Gasteiger partial charge on any atom is -0.322 e. The second-order valence-corrected chi connectivity index (χ2v) is 7.48. The molecular formula is C22H21N3OS. The maximum atomic E-state index is 13.1. The molecule has 0 aromatic heterocycles. The first-order valence-electron chi connectivity index (χ1n) is 8.88. The molecule has 4 nitrogen and oxygen atoms in total. The Balaban J connectivity index is 2.07. The fourth-order valence-electron chi connectivity index (χ4n) is 3.27. The number of hydrogen-bond acceptors (Lipinski definition) is 4. The summed E-state index contributed by atoms with van der Waals surface area (Å²) in [7, 11) is 0. The number of benzene rings is 2. The van der Waals surface area contributed by atoms with Gasteiger partial charge in [-0.15, -0.1) is 11.8 Å². The minimum atomic E-state index is -0.474. The number of allylic oxidation sites excluding steroid dienone is 1. The largest absolute Gasteiger partial charge is 0.322 e. The van der Waals surface area contributed by atoms with Gasteiger partial charge in [0.15, 0.2) is 0 Å². The number of anilines is 1. The van der Waals surface area contributed by atoms with Gasteiger partial charge >= 0.3 is 0 Å². The summed E-state index contributed by atoms with van der Waals surface area (Å²) in [6, 6.07) is 21.5. The lowest BCUT2D eigenvalue weighted by atomic mass is 9.78. The van der Waals surface area contributed by atoms with Gasteiger partial charge in [-0.25, -0.2) is 4.99 Å². The van der Waals surface area contributed by atoms with Crippen LogP contribution in [0.25, 0.3) is 0 Å². The summed E-state index contributed by atoms with van der Waals surface area (Å²) in [4.78, 5) is 17.8. The van der Waals surface area contributed by atoms with Gasteiger partial charge in [-0.2, -0.15) is 5.26 Å². The van der Waals surface area contributed by atoms with Crippen molar-refractivity contribution >= 4 is 28.4 Å². The average molecular weight is 375 g/mol. The number of nitriles is 1. The Morgan fingerprint density at radius 3 is 2.37 bits per heavy atom. The maximum absolute atomic E-state index is 13.1. The maximum Gasteiger partial charge on any atom is 0.254 e. The summed E-state index contributed by atoms with van der Waals surface area (Å²) in [5.74, 6) is -0.196. The first-order chi connectivity index (χ1) is 13.2. The number of nitrogens with one attached hydrogen (secondary N) is 1. The first-order valence-corrected chi connectivity index (χ1v) is 9.87. The lowest BCUT2D eigenvalue weighted by Crippen LogP contribution is -2.31. The number of rotatable bonds is 4. The molecule has 1 heterocycles. The van der Waals surface area contributed by atoms with E-state index in [1.807, 2.05) is 74.5 Å². The quantitative estimate of drug-likeness (QED) is 0.819. The Hall–Kier alpha value is -2.84. The van der Waals surface area contributed by atoms with Gasteiger partial charge in [-0.1, -0.05) is 55.5 Å². The molecule has 2 atom stereocenters. The van der Waals surface area contributed by atoms with Crippen LogP contribution in [-0.2, 0) is 4.79 Å². The molecule has 136 valence electrons. The number of carbonyl (C=O) groups is 1. The van der Waals surface area contributed by atoms with E-state index in [-0.39, 0.29) is 11.8 Å². The number of aliphatic imine (C=N–C) groups is 1. The SMILES string of the molecule is CCSC1=NC(C)=C(C(=O)Nc2ccccc2)[C@@H](c2ccccc2)C1C#N. The first kappa shape index (κ1) is 18.9. The van der Waals surface area contributed by atoms with Crippen LogP contribution < -0.4 is 5.32 Å². The Morgan fingerprint density at radius 2 is 1.78 bits per heavy atom. The van der Waals surface area contributed by atoms with Gasteiger partial charge in [0.1, 0.15) is 5.92 Å². The Labute approximate surface area is 164 Å². The number of amides is 1. The van der Waals surface area contributed by atoms with Crippen molar-refractivity contribution in [3.05, 3.63) is 77.5 Å². The highest BCUT2D eigenvalue weighted by molar-refractivity contribution is 8.14. The minimum absolute atomic E-state index is 0.211. The van der Waals surface area contributed by atoms with Crippen LogP contribution >= 0.6 is 11.8 Å². The van der Waals surface area contributed by atoms with E-state index in [1.165, 1.54) is 0 Å². The van der Waals surface area contributed by atoms with E-state index < -0.39 is 5.92 Å². The van der Waals surface area contributed by atoms with Crippen molar-refractivity contribution in [2.24, 2.45) is 10.9 Å². The Bertz CT molecular complexity index is 914. The van der Waals surface area contributed by atoms with E-state index in [4.69, 9.17) is 0 Å². The van der Waals surface area contributed by atoms with Gasteiger partial charge in [-0.05, 0) is 30.4 Å². The van der Waals surface area contributed by atoms with Crippen molar-refractivity contribution in [1.82, 2.24) is 0 Å². The Kier molecular flexibility index (Phi) is 6.10. The number of thioether (sulfide) groups is 1. The van der Waals surface area contributed by atoms with E-state index in [0.29, 0.717) is 11.3 Å². The molecule has 1 amide bonds. The number of para-hydroxylation sites is 1. The van der Waals surface area contributed by atoms with Gasteiger partial charge in [0.05, 0.1) is 11.1 Å². The summed E-state index contributed by atoms with van der Waals surface area (Å²) < 4.78 is 0. The van der Waals surface area contributed by atoms with Crippen LogP contribution in [0.3, 0.4) is 0 Å². The molecule has 1 aliphatic heterocycles. The highest BCUT2D eigenvalue weighted by Gasteiger charge is 2.38. The summed E-state index contributed by atoms with van der Waals surface area (Å²) in [5, 5.41) is 13.6. The number of nitrogens with zero attached hydrogens (tertiary/aromatic N) is 2. The molecule has 1 aliphatic rings. The van der Waals surface area contributed by atoms with Crippen LogP contribution in [0.1, 0.15) is 25.3 Å². The molecule has 3 rings (SSSR count). The molecule has 0 spiro atoms. The molecule has 0 saturated carbocycles. The monoisotopic (exact) mass is 375 g/mol. The van der Waals surface area contributed by atoms with Crippen molar-refractivity contribution in [1.29, 1.82) is 5.26 Å². The predicted octanol–water partition coefficient (Wildman–Crippen LogP) is 4.99. The van der Waals surface area contributed by atoms with Crippen LogP contribution in [-0.4, -0.2) is 16.7 Å². The molecular weight excluding hydrogens is 354 g/mol. The lowest BCUT2D eigenvalue weighted by Gasteiger charge is -2.30. The van der Waals surface area contributed by atoms with Crippen LogP contribution in [0.2, 0.25) is 0 Å². The summed E-state index contributed by atoms with van der Waals surface area (Å²) in [6.07, 6.45) is 0. The third kappa shape index (κ3) is 4.12. The van der Waals surface area contributed by atoms with Gasteiger partial charge in [0.2, 0.25) is 0 Å². The molecule has 0 saturated heterocycles. The zero-order valence-electron chi connectivity index (χ0n) is 15.3. The fraction of sp³-hybridized carbons (Fsp3) is 0.227. The number of carbonyl (C=O) groups excluding carboxylic acids is 1. The standard InChI is InChI=1S/C22H21N3OS/c1-3-27-22-18(14-23)20(16-10-6-4-7-11-16)19(15(2)24-22)21(26)25-17-12-8-5-9-13-17/h4-13,18,20H,3H2,1-2H3,(H,25,26)/t18?,20-/m0/s1. The topological polar surface area (TPSA) is 65.2 Å². The molecule has 27 heavy (non-hydrogen) atoms. The van der Waals surface area contributed by atoms with Crippen molar-refractivity contribution in [3.63, 3.8) is 0 Å². The zero-order chi connectivity index (χ0) is 19.2. The summed E-state index contributed by atoms with van der Waals surface area (Å²) in [6.45, 7) is 3.88. The molecule has 5 heteroatoms. The van der Waals surface area contributed by atoms with Gasteiger partial charge < -0.3 is 5.32 Å². The molecule has 1 unspecified atom stereocenters.